The van der Waals surface area contributed by atoms with Gasteiger partial charge in [0.1, 0.15) is 0 Å². The van der Waals surface area contributed by atoms with Crippen molar-refractivity contribution in [2.45, 2.75) is 18.4 Å². The lowest BCUT2D eigenvalue weighted by Gasteiger charge is -2.26. The maximum Gasteiger partial charge on any atom is 0.191 e. The van der Waals surface area contributed by atoms with E-state index in [2.05, 4.69) is 58.0 Å². The Kier molecular flexibility index (Phi) is 11.5. The summed E-state index contributed by atoms with van der Waals surface area (Å²) >= 11 is 1.76. The van der Waals surface area contributed by atoms with E-state index in [1.165, 1.54) is 10.5 Å². The number of halogens is 1. The first-order valence-electron chi connectivity index (χ1n) is 8.27. The van der Waals surface area contributed by atoms with Crippen molar-refractivity contribution in [3.63, 3.8) is 0 Å². The van der Waals surface area contributed by atoms with Gasteiger partial charge in [-0.1, -0.05) is 12.1 Å². The van der Waals surface area contributed by atoms with Crippen molar-refractivity contribution in [1.29, 1.82) is 0 Å². The van der Waals surface area contributed by atoms with Crippen molar-refractivity contribution in [3.8, 4) is 0 Å². The summed E-state index contributed by atoms with van der Waals surface area (Å²) in [5.41, 5.74) is 1.23. The Bertz CT molecular complexity index is 478. The summed E-state index contributed by atoms with van der Waals surface area (Å²) in [5, 5.41) is 6.72. The quantitative estimate of drug-likeness (QED) is 0.281. The second-order valence-electron chi connectivity index (χ2n) is 5.42. The summed E-state index contributed by atoms with van der Waals surface area (Å²) in [4.78, 5) is 8.37. The number of aliphatic imine (C=N–C) groups is 1. The molecule has 1 aliphatic heterocycles. The minimum atomic E-state index is 0. The van der Waals surface area contributed by atoms with Crippen molar-refractivity contribution in [2.75, 3.05) is 52.2 Å². The molecule has 136 valence electrons. The summed E-state index contributed by atoms with van der Waals surface area (Å²) in [7, 11) is 0. The van der Waals surface area contributed by atoms with Gasteiger partial charge < -0.3 is 15.4 Å². The second kappa shape index (κ2) is 12.8. The number of ether oxygens (including phenoxy) is 1. The fraction of sp³-hybridized carbons (Fsp3) is 0.588. The largest absolute Gasteiger partial charge is 0.379 e. The lowest BCUT2D eigenvalue weighted by Crippen LogP contribution is -2.44. The Morgan fingerprint density at radius 1 is 1.21 bits per heavy atom. The molecule has 7 heteroatoms. The molecule has 0 bridgehead atoms. The second-order valence-corrected chi connectivity index (χ2v) is 6.30. The minimum Gasteiger partial charge on any atom is -0.379 e. The first-order valence-corrected chi connectivity index (χ1v) is 9.49. The molecule has 1 fully saturated rings. The first kappa shape index (κ1) is 21.5. The van der Waals surface area contributed by atoms with E-state index < -0.39 is 0 Å². The average molecular weight is 464 g/mol. The molecule has 0 atom stereocenters. The molecule has 1 saturated heterocycles. The zero-order valence-corrected chi connectivity index (χ0v) is 17.7. The van der Waals surface area contributed by atoms with E-state index in [1.807, 2.05) is 0 Å². The number of morpholine rings is 1. The predicted molar refractivity (Wildman–Crippen MR) is 114 cm³/mol. The van der Waals surface area contributed by atoms with Gasteiger partial charge in [0.25, 0.3) is 0 Å². The molecule has 0 saturated carbocycles. The monoisotopic (exact) mass is 464 g/mol. The van der Waals surface area contributed by atoms with Crippen LogP contribution in [-0.2, 0) is 11.3 Å². The van der Waals surface area contributed by atoms with E-state index >= 15 is 0 Å². The molecule has 0 radical (unpaired) electrons. The van der Waals surface area contributed by atoms with Gasteiger partial charge in [-0.25, -0.2) is 4.99 Å². The predicted octanol–water partition coefficient (Wildman–Crippen LogP) is 2.41. The molecule has 0 unspecified atom stereocenters. The highest BCUT2D eigenvalue weighted by Crippen LogP contribution is 2.15. The van der Waals surface area contributed by atoms with Gasteiger partial charge in [0.15, 0.2) is 5.96 Å². The van der Waals surface area contributed by atoms with Gasteiger partial charge in [-0.05, 0) is 30.9 Å². The Morgan fingerprint density at radius 2 is 1.92 bits per heavy atom. The summed E-state index contributed by atoms with van der Waals surface area (Å²) in [6, 6.07) is 8.59. The van der Waals surface area contributed by atoms with Crippen LogP contribution in [0.3, 0.4) is 0 Å². The van der Waals surface area contributed by atoms with Crippen LogP contribution in [0.15, 0.2) is 34.2 Å². The third kappa shape index (κ3) is 8.04. The molecule has 0 amide bonds. The zero-order chi connectivity index (χ0) is 16.3. The molecule has 1 aliphatic rings. The van der Waals surface area contributed by atoms with Gasteiger partial charge in [-0.3, -0.25) is 4.90 Å². The van der Waals surface area contributed by atoms with Crippen molar-refractivity contribution >= 4 is 41.7 Å². The lowest BCUT2D eigenvalue weighted by atomic mass is 10.2. The SMILES string of the molecule is CCNC(=NCc1ccc(SC)cc1)NCCN1CCOCC1.I. The first-order chi connectivity index (χ1) is 11.3. The van der Waals surface area contributed by atoms with Crippen LogP contribution >= 0.6 is 35.7 Å². The standard InChI is InChI=1S/C17H28N4OS.HI/c1-3-18-17(19-8-9-21-10-12-22-13-11-21)20-14-15-4-6-16(23-2)7-5-15;/h4-7H,3,8-14H2,1-2H3,(H2,18,19,20);1H. The topological polar surface area (TPSA) is 48.9 Å². The molecule has 1 aromatic rings. The van der Waals surface area contributed by atoms with E-state index in [9.17, 15) is 0 Å². The van der Waals surface area contributed by atoms with Crippen LogP contribution < -0.4 is 10.6 Å². The number of benzene rings is 1. The van der Waals surface area contributed by atoms with Gasteiger partial charge in [0, 0.05) is 37.6 Å². The van der Waals surface area contributed by atoms with Gasteiger partial charge in [0.2, 0.25) is 0 Å². The van der Waals surface area contributed by atoms with Crippen molar-refractivity contribution in [3.05, 3.63) is 29.8 Å². The third-order valence-corrected chi connectivity index (χ3v) is 4.49. The summed E-state index contributed by atoms with van der Waals surface area (Å²) in [5.74, 6) is 0.884. The van der Waals surface area contributed by atoms with Crippen LogP contribution in [0.4, 0.5) is 0 Å². The van der Waals surface area contributed by atoms with Gasteiger partial charge in [-0.2, -0.15) is 0 Å². The number of guanidine groups is 1. The molecule has 1 heterocycles. The highest BCUT2D eigenvalue weighted by atomic mass is 127. The Labute approximate surface area is 167 Å². The van der Waals surface area contributed by atoms with Crippen LogP contribution in [0.5, 0.6) is 0 Å². The molecule has 2 rings (SSSR count). The minimum absolute atomic E-state index is 0. The van der Waals surface area contributed by atoms with E-state index in [-0.39, 0.29) is 24.0 Å². The van der Waals surface area contributed by atoms with Crippen LogP contribution in [0.2, 0.25) is 0 Å². The number of thioether (sulfide) groups is 1. The normalized spacial score (nSPS) is 15.7. The lowest BCUT2D eigenvalue weighted by molar-refractivity contribution is 0.0389. The van der Waals surface area contributed by atoms with Gasteiger partial charge >= 0.3 is 0 Å². The number of nitrogens with one attached hydrogen (secondary N) is 2. The Hall–Kier alpha value is -0.510. The zero-order valence-electron chi connectivity index (χ0n) is 14.6. The molecule has 2 N–H and O–H groups in total. The van der Waals surface area contributed by atoms with Crippen molar-refractivity contribution in [2.24, 2.45) is 4.99 Å². The van der Waals surface area contributed by atoms with E-state index in [1.54, 1.807) is 11.8 Å². The highest BCUT2D eigenvalue weighted by molar-refractivity contribution is 14.0. The van der Waals surface area contributed by atoms with Crippen LogP contribution in [0.1, 0.15) is 12.5 Å². The molecule has 0 aromatic heterocycles. The smallest absolute Gasteiger partial charge is 0.191 e. The summed E-state index contributed by atoms with van der Waals surface area (Å²) in [6.45, 7) is 9.32. The van der Waals surface area contributed by atoms with Crippen molar-refractivity contribution in [1.82, 2.24) is 15.5 Å². The number of nitrogens with zero attached hydrogens (tertiary/aromatic N) is 2. The van der Waals surface area contributed by atoms with Crippen LogP contribution in [0, 0.1) is 0 Å². The molecule has 0 aliphatic carbocycles. The number of rotatable bonds is 7. The number of hydrogen-bond acceptors (Lipinski definition) is 4. The average Bonchev–Trinajstić information content (AvgIpc) is 2.61. The number of hydrogen-bond donors (Lipinski definition) is 2. The molecule has 5 nitrogen and oxygen atoms in total. The Balaban J connectivity index is 0.00000288. The van der Waals surface area contributed by atoms with E-state index in [4.69, 9.17) is 4.74 Å². The molecule has 24 heavy (non-hydrogen) atoms. The van der Waals surface area contributed by atoms with Gasteiger partial charge in [-0.15, -0.1) is 35.7 Å². The van der Waals surface area contributed by atoms with Gasteiger partial charge in [0.05, 0.1) is 19.8 Å². The molecular weight excluding hydrogens is 435 g/mol. The maximum absolute atomic E-state index is 5.37. The molecule has 0 spiro atoms. The maximum atomic E-state index is 5.37. The fourth-order valence-corrected chi connectivity index (χ4v) is 2.81. The van der Waals surface area contributed by atoms with Crippen LogP contribution in [-0.4, -0.2) is 63.1 Å². The summed E-state index contributed by atoms with van der Waals surface area (Å²) < 4.78 is 5.37. The highest BCUT2D eigenvalue weighted by Gasteiger charge is 2.09. The Morgan fingerprint density at radius 3 is 2.54 bits per heavy atom. The van der Waals surface area contributed by atoms with E-state index in [0.29, 0.717) is 6.54 Å². The van der Waals surface area contributed by atoms with E-state index in [0.717, 1.165) is 51.9 Å². The summed E-state index contributed by atoms with van der Waals surface area (Å²) in [6.07, 6.45) is 2.09. The molecular formula is C17H29IN4OS. The van der Waals surface area contributed by atoms with Crippen molar-refractivity contribution < 1.29 is 4.74 Å². The fourth-order valence-electron chi connectivity index (χ4n) is 2.40. The molecule has 1 aromatic carbocycles. The third-order valence-electron chi connectivity index (χ3n) is 3.75. The van der Waals surface area contributed by atoms with Crippen LogP contribution in [0.25, 0.3) is 0 Å².